The van der Waals surface area contributed by atoms with Gasteiger partial charge in [0.25, 0.3) is 0 Å². The Bertz CT molecular complexity index is 343. The van der Waals surface area contributed by atoms with E-state index in [1.165, 1.54) is 5.56 Å². The minimum Gasteiger partial charge on any atom is -0.250 e. The summed E-state index contributed by atoms with van der Waals surface area (Å²) in [5.74, 6) is 0. The summed E-state index contributed by atoms with van der Waals surface area (Å²) in [6.45, 7) is 0. The summed E-state index contributed by atoms with van der Waals surface area (Å²) < 4.78 is 0. The van der Waals surface area contributed by atoms with Crippen LogP contribution in [0.25, 0.3) is 10.4 Å². The van der Waals surface area contributed by atoms with Crippen molar-refractivity contribution in [2.24, 2.45) is 5.11 Å². The molecule has 0 spiro atoms. The molecule has 1 aromatic carbocycles. The van der Waals surface area contributed by atoms with Gasteiger partial charge in [0.2, 0.25) is 0 Å². The van der Waals surface area contributed by atoms with Crippen LogP contribution in [0, 0.1) is 0 Å². The standard InChI is InChI=1S/C9H11N5/c10-14-13-9-6-8(11-12-9)7-4-2-1-3-5-7/h1-5,8-9,11-12H,6H2. The molecule has 2 atom stereocenters. The maximum Gasteiger partial charge on any atom is 0.102 e. The Morgan fingerprint density at radius 3 is 2.79 bits per heavy atom. The van der Waals surface area contributed by atoms with Crippen molar-refractivity contribution in [3.05, 3.63) is 46.3 Å². The average Bonchev–Trinajstić information content (AvgIpc) is 2.68. The van der Waals surface area contributed by atoms with Crippen LogP contribution in [0.2, 0.25) is 0 Å². The maximum atomic E-state index is 8.27. The Morgan fingerprint density at radius 1 is 1.29 bits per heavy atom. The molecule has 72 valence electrons. The van der Waals surface area contributed by atoms with E-state index >= 15 is 0 Å². The van der Waals surface area contributed by atoms with Crippen LogP contribution in [0.4, 0.5) is 0 Å². The third-order valence-corrected chi connectivity index (χ3v) is 2.28. The molecule has 2 unspecified atom stereocenters. The van der Waals surface area contributed by atoms with Crippen molar-refractivity contribution in [3.8, 4) is 0 Å². The molecular formula is C9H11N5. The van der Waals surface area contributed by atoms with Crippen molar-refractivity contribution >= 4 is 0 Å². The van der Waals surface area contributed by atoms with Gasteiger partial charge in [-0.2, -0.15) is 0 Å². The van der Waals surface area contributed by atoms with Crippen LogP contribution in [0.5, 0.6) is 0 Å². The van der Waals surface area contributed by atoms with Gasteiger partial charge in [-0.05, 0) is 17.5 Å². The summed E-state index contributed by atoms with van der Waals surface area (Å²) >= 11 is 0. The molecule has 0 aromatic heterocycles. The van der Waals surface area contributed by atoms with Gasteiger partial charge in [0.05, 0.1) is 0 Å². The molecule has 2 N–H and O–H groups in total. The van der Waals surface area contributed by atoms with Gasteiger partial charge in [0, 0.05) is 11.0 Å². The molecular weight excluding hydrogens is 178 g/mol. The van der Waals surface area contributed by atoms with Crippen molar-refractivity contribution in [1.82, 2.24) is 10.9 Å². The van der Waals surface area contributed by atoms with Crippen molar-refractivity contribution in [1.29, 1.82) is 0 Å². The third-order valence-electron chi connectivity index (χ3n) is 2.28. The van der Waals surface area contributed by atoms with Gasteiger partial charge in [0.15, 0.2) is 0 Å². The molecule has 14 heavy (non-hydrogen) atoms. The highest BCUT2D eigenvalue weighted by Gasteiger charge is 2.23. The fraction of sp³-hybridized carbons (Fsp3) is 0.333. The molecule has 1 aliphatic rings. The Hall–Kier alpha value is -1.55. The van der Waals surface area contributed by atoms with Gasteiger partial charge < -0.3 is 0 Å². The lowest BCUT2D eigenvalue weighted by Gasteiger charge is -2.08. The SMILES string of the molecule is [N-]=[N+]=NC1CC(c2ccccc2)NN1. The predicted octanol–water partition coefficient (Wildman–Crippen LogP) is 1.86. The summed E-state index contributed by atoms with van der Waals surface area (Å²) in [6, 6.07) is 10.3. The molecule has 1 aromatic rings. The van der Waals surface area contributed by atoms with Crippen molar-refractivity contribution in [2.75, 3.05) is 0 Å². The van der Waals surface area contributed by atoms with E-state index in [1.54, 1.807) is 0 Å². The molecule has 5 nitrogen and oxygen atoms in total. The number of azide groups is 1. The quantitative estimate of drug-likeness (QED) is 0.423. The van der Waals surface area contributed by atoms with Gasteiger partial charge in [0.1, 0.15) is 6.17 Å². The molecule has 1 saturated heterocycles. The summed E-state index contributed by atoms with van der Waals surface area (Å²) in [6.07, 6.45) is 0.638. The van der Waals surface area contributed by atoms with E-state index in [0.717, 1.165) is 6.42 Å². The number of hydrazine groups is 1. The summed E-state index contributed by atoms with van der Waals surface area (Å²) in [5, 5.41) is 3.61. The minimum absolute atomic E-state index is 0.148. The smallest absolute Gasteiger partial charge is 0.102 e. The highest BCUT2D eigenvalue weighted by molar-refractivity contribution is 5.19. The molecule has 2 rings (SSSR count). The van der Waals surface area contributed by atoms with Crippen LogP contribution < -0.4 is 10.9 Å². The molecule has 1 heterocycles. The van der Waals surface area contributed by atoms with E-state index in [2.05, 4.69) is 33.0 Å². The largest absolute Gasteiger partial charge is 0.250 e. The molecule has 5 heteroatoms. The summed E-state index contributed by atoms with van der Waals surface area (Å²) in [5.41, 5.74) is 15.5. The zero-order chi connectivity index (χ0) is 9.80. The highest BCUT2D eigenvalue weighted by atomic mass is 15.5. The van der Waals surface area contributed by atoms with Crippen molar-refractivity contribution in [2.45, 2.75) is 18.6 Å². The first kappa shape index (κ1) is 9.02. The van der Waals surface area contributed by atoms with Crippen LogP contribution in [0.1, 0.15) is 18.0 Å². The average molecular weight is 189 g/mol. The van der Waals surface area contributed by atoms with Gasteiger partial charge in [-0.25, -0.2) is 10.9 Å². The monoisotopic (exact) mass is 189 g/mol. The Balaban J connectivity index is 2.06. The minimum atomic E-state index is -0.148. The summed E-state index contributed by atoms with van der Waals surface area (Å²) in [7, 11) is 0. The van der Waals surface area contributed by atoms with E-state index in [1.807, 2.05) is 18.2 Å². The fourth-order valence-electron chi connectivity index (χ4n) is 1.58. The lowest BCUT2D eigenvalue weighted by atomic mass is 10.1. The maximum absolute atomic E-state index is 8.27. The third kappa shape index (κ3) is 1.85. The second-order valence-corrected chi connectivity index (χ2v) is 3.21. The van der Waals surface area contributed by atoms with E-state index in [-0.39, 0.29) is 12.2 Å². The lowest BCUT2D eigenvalue weighted by Crippen LogP contribution is -2.29. The number of benzene rings is 1. The second-order valence-electron chi connectivity index (χ2n) is 3.21. The first-order valence-electron chi connectivity index (χ1n) is 4.50. The Morgan fingerprint density at radius 2 is 2.07 bits per heavy atom. The van der Waals surface area contributed by atoms with Gasteiger partial charge >= 0.3 is 0 Å². The Kier molecular flexibility index (Phi) is 2.65. The first-order chi connectivity index (χ1) is 6.90. The fourth-order valence-corrected chi connectivity index (χ4v) is 1.58. The topological polar surface area (TPSA) is 72.8 Å². The van der Waals surface area contributed by atoms with E-state index in [0.29, 0.717) is 0 Å². The molecule has 1 fully saturated rings. The zero-order valence-corrected chi connectivity index (χ0v) is 7.59. The molecule has 0 saturated carbocycles. The molecule has 1 aliphatic heterocycles. The molecule has 0 aliphatic carbocycles. The second kappa shape index (κ2) is 4.11. The lowest BCUT2D eigenvalue weighted by molar-refractivity contribution is 0.550. The van der Waals surface area contributed by atoms with Crippen LogP contribution in [-0.2, 0) is 0 Å². The van der Waals surface area contributed by atoms with Crippen molar-refractivity contribution in [3.63, 3.8) is 0 Å². The highest BCUT2D eigenvalue weighted by Crippen LogP contribution is 2.21. The number of nitrogens with one attached hydrogen (secondary N) is 2. The molecule has 0 radical (unpaired) electrons. The number of nitrogens with zero attached hydrogens (tertiary/aromatic N) is 3. The zero-order valence-electron chi connectivity index (χ0n) is 7.59. The predicted molar refractivity (Wildman–Crippen MR) is 53.0 cm³/mol. The van der Waals surface area contributed by atoms with Crippen LogP contribution in [0.3, 0.4) is 0 Å². The number of hydrogen-bond acceptors (Lipinski definition) is 3. The normalized spacial score (nSPS) is 25.7. The van der Waals surface area contributed by atoms with Crippen LogP contribution >= 0.6 is 0 Å². The van der Waals surface area contributed by atoms with Crippen molar-refractivity contribution < 1.29 is 0 Å². The first-order valence-corrected chi connectivity index (χ1v) is 4.50. The molecule has 0 amide bonds. The van der Waals surface area contributed by atoms with E-state index in [4.69, 9.17) is 5.53 Å². The van der Waals surface area contributed by atoms with Gasteiger partial charge in [-0.15, -0.1) is 0 Å². The summed E-state index contributed by atoms with van der Waals surface area (Å²) in [4.78, 5) is 2.77. The van der Waals surface area contributed by atoms with E-state index < -0.39 is 0 Å². The van der Waals surface area contributed by atoms with Crippen LogP contribution in [0.15, 0.2) is 35.4 Å². The van der Waals surface area contributed by atoms with E-state index in [9.17, 15) is 0 Å². The Labute approximate surface area is 81.7 Å². The van der Waals surface area contributed by atoms with Gasteiger partial charge in [-0.1, -0.05) is 35.4 Å². The van der Waals surface area contributed by atoms with Gasteiger partial charge in [-0.3, -0.25) is 0 Å². The number of rotatable bonds is 2. The van der Waals surface area contributed by atoms with Crippen LogP contribution in [-0.4, -0.2) is 6.17 Å². The number of hydrogen-bond donors (Lipinski definition) is 2. The molecule has 0 bridgehead atoms.